The number of allylic oxidation sites excluding steroid dienone is 2. The number of carbonyl (C=O) groups is 1. The van der Waals surface area contributed by atoms with E-state index in [1.54, 1.807) is 18.3 Å². The normalized spacial score (nSPS) is 14.1. The van der Waals surface area contributed by atoms with Crippen molar-refractivity contribution < 1.29 is 14.3 Å². The first-order chi connectivity index (χ1) is 13.5. The standard InChI is InChI=1S/C23H17FN2O2/c1-14-18(13-25-23(26-14)15-5-3-2-4-6-15)10-16-9-17(11-22(27)28)21-12-19(24)7-8-20(16)21/h2-10,12-13H,11H2,1H3,(H,27,28)/b16-10+. The van der Waals surface area contributed by atoms with Gasteiger partial charge in [0.15, 0.2) is 5.82 Å². The van der Waals surface area contributed by atoms with E-state index in [9.17, 15) is 9.18 Å². The predicted octanol–water partition coefficient (Wildman–Crippen LogP) is 5.00. The maximum atomic E-state index is 13.7. The Morgan fingerprint density at radius 3 is 2.64 bits per heavy atom. The molecule has 0 radical (unpaired) electrons. The summed E-state index contributed by atoms with van der Waals surface area (Å²) >= 11 is 0. The van der Waals surface area contributed by atoms with Crippen molar-refractivity contribution in [2.24, 2.45) is 0 Å². The zero-order valence-corrected chi connectivity index (χ0v) is 15.2. The fourth-order valence-electron chi connectivity index (χ4n) is 3.32. The molecule has 0 bridgehead atoms. The van der Waals surface area contributed by atoms with Crippen molar-refractivity contribution in [1.82, 2.24) is 9.97 Å². The summed E-state index contributed by atoms with van der Waals surface area (Å²) in [5.74, 6) is -0.686. The Bertz CT molecular complexity index is 1130. The molecular weight excluding hydrogens is 355 g/mol. The topological polar surface area (TPSA) is 63.1 Å². The van der Waals surface area contributed by atoms with Crippen molar-refractivity contribution in [1.29, 1.82) is 0 Å². The molecule has 0 atom stereocenters. The summed E-state index contributed by atoms with van der Waals surface area (Å²) in [5, 5.41) is 9.15. The molecule has 1 aliphatic rings. The summed E-state index contributed by atoms with van der Waals surface area (Å²) < 4.78 is 13.7. The minimum Gasteiger partial charge on any atom is -0.481 e. The summed E-state index contributed by atoms with van der Waals surface area (Å²) in [6, 6.07) is 14.2. The smallest absolute Gasteiger partial charge is 0.307 e. The van der Waals surface area contributed by atoms with Crippen LogP contribution in [0.15, 0.2) is 60.8 Å². The number of fused-ring (bicyclic) bond motifs is 1. The molecule has 4 rings (SSSR count). The Morgan fingerprint density at radius 1 is 1.14 bits per heavy atom. The average Bonchev–Trinajstić information content (AvgIpc) is 3.00. The van der Waals surface area contributed by atoms with Crippen molar-refractivity contribution in [3.8, 4) is 11.4 Å². The Balaban J connectivity index is 1.75. The van der Waals surface area contributed by atoms with Crippen LogP contribution in [0.5, 0.6) is 0 Å². The van der Waals surface area contributed by atoms with Gasteiger partial charge in [-0.1, -0.05) is 36.4 Å². The van der Waals surface area contributed by atoms with Crippen LogP contribution in [0.1, 0.15) is 28.8 Å². The van der Waals surface area contributed by atoms with Gasteiger partial charge in [-0.3, -0.25) is 4.79 Å². The van der Waals surface area contributed by atoms with Crippen LogP contribution < -0.4 is 0 Å². The van der Waals surface area contributed by atoms with Crippen molar-refractivity contribution in [3.05, 3.63) is 89.0 Å². The van der Waals surface area contributed by atoms with Crippen molar-refractivity contribution in [2.45, 2.75) is 13.3 Å². The van der Waals surface area contributed by atoms with Crippen LogP contribution in [0.3, 0.4) is 0 Å². The molecule has 28 heavy (non-hydrogen) atoms. The van der Waals surface area contributed by atoms with E-state index in [4.69, 9.17) is 5.11 Å². The van der Waals surface area contributed by atoms with Gasteiger partial charge in [-0.2, -0.15) is 0 Å². The van der Waals surface area contributed by atoms with Crippen molar-refractivity contribution in [3.63, 3.8) is 0 Å². The number of aromatic nitrogens is 2. The summed E-state index contributed by atoms with van der Waals surface area (Å²) in [4.78, 5) is 20.2. The van der Waals surface area contributed by atoms with Gasteiger partial charge >= 0.3 is 5.97 Å². The lowest BCUT2D eigenvalue weighted by Crippen LogP contribution is -1.96. The first kappa shape index (κ1) is 17.8. The van der Waals surface area contributed by atoms with Crippen molar-refractivity contribution in [2.75, 3.05) is 0 Å². The van der Waals surface area contributed by atoms with E-state index in [1.165, 1.54) is 12.1 Å². The highest BCUT2D eigenvalue weighted by Gasteiger charge is 2.21. The lowest BCUT2D eigenvalue weighted by Gasteiger charge is -2.06. The third-order valence-electron chi connectivity index (χ3n) is 4.67. The van der Waals surface area contributed by atoms with Crippen LogP contribution >= 0.6 is 0 Å². The van der Waals surface area contributed by atoms with Gasteiger partial charge in [0.2, 0.25) is 0 Å². The van der Waals surface area contributed by atoms with Gasteiger partial charge in [0.25, 0.3) is 0 Å². The molecule has 4 nitrogen and oxygen atoms in total. The third-order valence-corrected chi connectivity index (χ3v) is 4.67. The molecule has 2 aromatic carbocycles. The lowest BCUT2D eigenvalue weighted by atomic mass is 10.0. The number of aryl methyl sites for hydroxylation is 1. The highest BCUT2D eigenvalue weighted by Crippen LogP contribution is 2.38. The molecule has 1 aliphatic carbocycles. The Kier molecular flexibility index (Phi) is 4.57. The van der Waals surface area contributed by atoms with Gasteiger partial charge in [0.05, 0.1) is 6.42 Å². The van der Waals surface area contributed by atoms with Crippen LogP contribution in [-0.4, -0.2) is 21.0 Å². The summed E-state index contributed by atoms with van der Waals surface area (Å²) in [6.07, 6.45) is 5.30. The van der Waals surface area contributed by atoms with E-state index < -0.39 is 5.97 Å². The maximum absolute atomic E-state index is 13.7. The lowest BCUT2D eigenvalue weighted by molar-refractivity contribution is -0.135. The van der Waals surface area contributed by atoms with E-state index in [1.807, 2.05) is 43.3 Å². The SMILES string of the molecule is Cc1nc(-c2ccccc2)ncc1/C=C1\C=C(CC(=O)O)c2cc(F)ccc21. The molecule has 0 saturated heterocycles. The minimum atomic E-state index is -0.950. The van der Waals surface area contributed by atoms with E-state index in [2.05, 4.69) is 9.97 Å². The average molecular weight is 372 g/mol. The van der Waals surface area contributed by atoms with Gasteiger partial charge in [-0.05, 0) is 53.5 Å². The van der Waals surface area contributed by atoms with Gasteiger partial charge in [0.1, 0.15) is 5.82 Å². The predicted molar refractivity (Wildman–Crippen MR) is 107 cm³/mol. The number of hydrogen-bond donors (Lipinski definition) is 1. The maximum Gasteiger partial charge on any atom is 0.307 e. The van der Waals surface area contributed by atoms with Crippen molar-refractivity contribution >= 4 is 23.2 Å². The Hall–Kier alpha value is -3.60. The Morgan fingerprint density at radius 2 is 1.93 bits per heavy atom. The first-order valence-electron chi connectivity index (χ1n) is 8.84. The zero-order valence-electron chi connectivity index (χ0n) is 15.2. The number of benzene rings is 2. The number of carboxylic acid groups (broad SMARTS) is 1. The molecule has 3 aromatic rings. The van der Waals surface area contributed by atoms with E-state index >= 15 is 0 Å². The fraction of sp³-hybridized carbons (Fsp3) is 0.0870. The minimum absolute atomic E-state index is 0.157. The van der Waals surface area contributed by atoms with Gasteiger partial charge in [-0.15, -0.1) is 0 Å². The van der Waals surface area contributed by atoms with Crippen LogP contribution in [-0.2, 0) is 4.79 Å². The second-order valence-corrected chi connectivity index (χ2v) is 6.63. The fourth-order valence-corrected chi connectivity index (χ4v) is 3.32. The number of hydrogen-bond acceptors (Lipinski definition) is 3. The summed E-state index contributed by atoms with van der Waals surface area (Å²) in [5.41, 5.74) is 5.42. The van der Waals surface area contributed by atoms with Crippen LogP contribution in [0.2, 0.25) is 0 Å². The highest BCUT2D eigenvalue weighted by molar-refractivity contribution is 6.04. The van der Waals surface area contributed by atoms with E-state index in [-0.39, 0.29) is 12.2 Å². The van der Waals surface area contributed by atoms with Crippen LogP contribution in [0.4, 0.5) is 4.39 Å². The summed E-state index contributed by atoms with van der Waals surface area (Å²) in [6.45, 7) is 1.91. The molecule has 0 aliphatic heterocycles. The molecule has 5 heteroatoms. The zero-order chi connectivity index (χ0) is 19.7. The second kappa shape index (κ2) is 7.19. The second-order valence-electron chi connectivity index (χ2n) is 6.63. The van der Waals surface area contributed by atoms with Crippen LogP contribution in [0.25, 0.3) is 28.6 Å². The third kappa shape index (κ3) is 3.47. The molecular formula is C23H17FN2O2. The van der Waals surface area contributed by atoms with Gasteiger partial charge in [0, 0.05) is 23.0 Å². The monoisotopic (exact) mass is 372 g/mol. The summed E-state index contributed by atoms with van der Waals surface area (Å²) in [7, 11) is 0. The first-order valence-corrected chi connectivity index (χ1v) is 8.84. The number of rotatable bonds is 4. The molecule has 0 spiro atoms. The largest absolute Gasteiger partial charge is 0.481 e. The molecule has 0 amide bonds. The number of halogens is 1. The van der Waals surface area contributed by atoms with Gasteiger partial charge < -0.3 is 5.11 Å². The van der Waals surface area contributed by atoms with Crippen LogP contribution in [0, 0.1) is 12.7 Å². The van der Waals surface area contributed by atoms with Gasteiger partial charge in [-0.25, -0.2) is 14.4 Å². The number of nitrogens with zero attached hydrogens (tertiary/aromatic N) is 2. The van der Waals surface area contributed by atoms with E-state index in [0.29, 0.717) is 17.0 Å². The molecule has 1 N–H and O–H groups in total. The number of carboxylic acids is 1. The molecule has 0 fully saturated rings. The molecule has 0 unspecified atom stereocenters. The highest BCUT2D eigenvalue weighted by atomic mass is 19.1. The quantitative estimate of drug-likeness (QED) is 0.700. The molecule has 138 valence electrons. The molecule has 1 aromatic heterocycles. The Labute approximate surface area is 161 Å². The molecule has 1 heterocycles. The van der Waals surface area contributed by atoms with E-state index in [0.717, 1.165) is 28.0 Å². The number of aliphatic carboxylic acids is 1. The molecule has 0 saturated carbocycles.